The molecule has 1 fully saturated rings. The van der Waals surface area contributed by atoms with E-state index in [0.717, 1.165) is 12.0 Å². The number of benzene rings is 1. The number of likely N-dealkylation sites (tertiary alicyclic amines) is 1. The Kier molecular flexibility index (Phi) is 4.61. The number of nitrogens with one attached hydrogen (secondary N) is 1. The van der Waals surface area contributed by atoms with Crippen LogP contribution in [0.3, 0.4) is 0 Å². The predicted molar refractivity (Wildman–Crippen MR) is 84.6 cm³/mol. The van der Waals surface area contributed by atoms with Gasteiger partial charge in [-0.05, 0) is 17.7 Å². The van der Waals surface area contributed by atoms with Gasteiger partial charge in [-0.3, -0.25) is 9.59 Å². The van der Waals surface area contributed by atoms with Crippen LogP contribution < -0.4 is 14.8 Å². The zero-order valence-corrected chi connectivity index (χ0v) is 13.7. The van der Waals surface area contributed by atoms with Crippen LogP contribution in [0, 0.1) is 5.92 Å². The molecule has 1 aromatic carbocycles. The van der Waals surface area contributed by atoms with Gasteiger partial charge < -0.3 is 19.7 Å². The van der Waals surface area contributed by atoms with E-state index in [2.05, 4.69) is 5.32 Å². The molecule has 6 nitrogen and oxygen atoms in total. The summed E-state index contributed by atoms with van der Waals surface area (Å²) in [6.45, 7) is 1.96. The SMILES string of the molecule is CN1CC(C(=O)NCc2cc(Cl)c3c(c2)OCCCO3)CC1=O. The maximum atomic E-state index is 12.2. The van der Waals surface area contributed by atoms with Crippen LogP contribution in [-0.4, -0.2) is 43.5 Å². The van der Waals surface area contributed by atoms with Crippen molar-refractivity contribution in [2.45, 2.75) is 19.4 Å². The van der Waals surface area contributed by atoms with Gasteiger partial charge in [0.05, 0.1) is 24.2 Å². The summed E-state index contributed by atoms with van der Waals surface area (Å²) in [5.74, 6) is 0.760. The molecule has 0 spiro atoms. The van der Waals surface area contributed by atoms with Crippen molar-refractivity contribution in [3.05, 3.63) is 22.7 Å². The number of halogens is 1. The number of ether oxygens (including phenoxy) is 2. The first kappa shape index (κ1) is 15.9. The average Bonchev–Trinajstić information content (AvgIpc) is 2.74. The molecule has 124 valence electrons. The van der Waals surface area contributed by atoms with Crippen molar-refractivity contribution < 1.29 is 19.1 Å². The molecule has 2 aliphatic heterocycles. The molecule has 1 unspecified atom stereocenters. The minimum atomic E-state index is -0.289. The Labute approximate surface area is 139 Å². The summed E-state index contributed by atoms with van der Waals surface area (Å²) in [7, 11) is 1.71. The van der Waals surface area contributed by atoms with Gasteiger partial charge in [-0.1, -0.05) is 11.6 Å². The Morgan fingerprint density at radius 1 is 1.39 bits per heavy atom. The number of amides is 2. The van der Waals surface area contributed by atoms with E-state index in [1.54, 1.807) is 18.0 Å². The van der Waals surface area contributed by atoms with Gasteiger partial charge in [0.15, 0.2) is 11.5 Å². The van der Waals surface area contributed by atoms with E-state index in [-0.39, 0.29) is 24.2 Å². The Morgan fingerprint density at radius 2 is 2.17 bits per heavy atom. The number of nitrogens with zero attached hydrogens (tertiary/aromatic N) is 1. The van der Waals surface area contributed by atoms with Gasteiger partial charge >= 0.3 is 0 Å². The number of hydrogen-bond donors (Lipinski definition) is 1. The molecule has 7 heteroatoms. The third-order valence-corrected chi connectivity index (χ3v) is 4.32. The van der Waals surface area contributed by atoms with E-state index in [0.29, 0.717) is 42.8 Å². The monoisotopic (exact) mass is 338 g/mol. The van der Waals surface area contributed by atoms with Gasteiger partial charge in [0.1, 0.15) is 0 Å². The van der Waals surface area contributed by atoms with Crippen molar-refractivity contribution in [3.63, 3.8) is 0 Å². The molecule has 2 aliphatic rings. The molecule has 1 N–H and O–H groups in total. The van der Waals surface area contributed by atoms with Crippen molar-refractivity contribution >= 4 is 23.4 Å². The number of fused-ring (bicyclic) bond motifs is 1. The number of carbonyl (C=O) groups excluding carboxylic acids is 2. The van der Waals surface area contributed by atoms with Crippen molar-refractivity contribution in [2.24, 2.45) is 5.92 Å². The zero-order valence-electron chi connectivity index (χ0n) is 12.9. The third kappa shape index (κ3) is 3.52. The van der Waals surface area contributed by atoms with Gasteiger partial charge in [-0.2, -0.15) is 0 Å². The third-order valence-electron chi connectivity index (χ3n) is 4.04. The van der Waals surface area contributed by atoms with Crippen LogP contribution in [0.1, 0.15) is 18.4 Å². The van der Waals surface area contributed by atoms with Crippen molar-refractivity contribution in [3.8, 4) is 11.5 Å². The maximum absolute atomic E-state index is 12.2. The fourth-order valence-corrected chi connectivity index (χ4v) is 3.05. The second-order valence-corrected chi connectivity index (χ2v) is 6.26. The highest BCUT2D eigenvalue weighted by Crippen LogP contribution is 2.37. The summed E-state index contributed by atoms with van der Waals surface area (Å²) in [5.41, 5.74) is 0.838. The van der Waals surface area contributed by atoms with Crippen LogP contribution in [0.5, 0.6) is 11.5 Å². The minimum absolute atomic E-state index is 0.00349. The van der Waals surface area contributed by atoms with Crippen molar-refractivity contribution in [1.82, 2.24) is 10.2 Å². The molecule has 1 aromatic rings. The topological polar surface area (TPSA) is 67.9 Å². The number of carbonyl (C=O) groups is 2. The summed E-state index contributed by atoms with van der Waals surface area (Å²) in [6.07, 6.45) is 1.07. The van der Waals surface area contributed by atoms with Crippen molar-refractivity contribution in [1.29, 1.82) is 0 Å². The van der Waals surface area contributed by atoms with Gasteiger partial charge in [0.2, 0.25) is 11.8 Å². The number of hydrogen-bond acceptors (Lipinski definition) is 4. The van der Waals surface area contributed by atoms with Crippen LogP contribution in [0.25, 0.3) is 0 Å². The quantitative estimate of drug-likeness (QED) is 0.909. The lowest BCUT2D eigenvalue weighted by Crippen LogP contribution is -2.31. The lowest BCUT2D eigenvalue weighted by molar-refractivity contribution is -0.128. The highest BCUT2D eigenvalue weighted by Gasteiger charge is 2.31. The summed E-state index contributed by atoms with van der Waals surface area (Å²) >= 11 is 6.23. The first-order valence-corrected chi connectivity index (χ1v) is 8.02. The largest absolute Gasteiger partial charge is 0.489 e. The van der Waals surface area contributed by atoms with Gasteiger partial charge in [-0.15, -0.1) is 0 Å². The van der Waals surface area contributed by atoms with Crippen LogP contribution in [0.15, 0.2) is 12.1 Å². The molecule has 0 aliphatic carbocycles. The molecular formula is C16H19ClN2O4. The summed E-state index contributed by atoms with van der Waals surface area (Å²) in [5, 5.41) is 3.34. The molecule has 2 amide bonds. The van der Waals surface area contributed by atoms with Crippen LogP contribution >= 0.6 is 11.6 Å². The van der Waals surface area contributed by atoms with E-state index < -0.39 is 0 Å². The minimum Gasteiger partial charge on any atom is -0.489 e. The number of rotatable bonds is 3. The van der Waals surface area contributed by atoms with Crippen LogP contribution in [0.4, 0.5) is 0 Å². The molecule has 0 saturated carbocycles. The van der Waals surface area contributed by atoms with E-state index >= 15 is 0 Å². The standard InChI is InChI=1S/C16H19ClN2O4/c1-19-9-11(7-14(19)20)16(21)18-8-10-5-12(17)15-13(6-10)22-3-2-4-23-15/h5-6,11H,2-4,7-9H2,1H3,(H,18,21). The van der Waals surface area contributed by atoms with Gasteiger partial charge in [-0.25, -0.2) is 0 Å². The smallest absolute Gasteiger partial charge is 0.225 e. The van der Waals surface area contributed by atoms with Gasteiger partial charge in [0.25, 0.3) is 0 Å². The molecule has 23 heavy (non-hydrogen) atoms. The zero-order chi connectivity index (χ0) is 16.4. The lowest BCUT2D eigenvalue weighted by atomic mass is 10.1. The first-order chi connectivity index (χ1) is 11.0. The molecule has 0 bridgehead atoms. The van der Waals surface area contributed by atoms with Crippen LogP contribution in [0.2, 0.25) is 5.02 Å². The molecule has 2 heterocycles. The maximum Gasteiger partial charge on any atom is 0.225 e. The molecule has 1 saturated heterocycles. The second-order valence-electron chi connectivity index (χ2n) is 5.85. The molecule has 0 radical (unpaired) electrons. The van der Waals surface area contributed by atoms with E-state index in [1.807, 2.05) is 6.07 Å². The summed E-state index contributed by atoms with van der Waals surface area (Å²) in [4.78, 5) is 25.2. The summed E-state index contributed by atoms with van der Waals surface area (Å²) < 4.78 is 11.2. The fourth-order valence-electron chi connectivity index (χ4n) is 2.76. The average molecular weight is 339 g/mol. The Bertz CT molecular complexity index is 635. The van der Waals surface area contributed by atoms with E-state index in [1.165, 1.54) is 0 Å². The first-order valence-electron chi connectivity index (χ1n) is 7.64. The highest BCUT2D eigenvalue weighted by atomic mass is 35.5. The molecule has 1 atom stereocenters. The normalized spacial score (nSPS) is 20.3. The Morgan fingerprint density at radius 3 is 2.91 bits per heavy atom. The van der Waals surface area contributed by atoms with E-state index in [9.17, 15) is 9.59 Å². The fraction of sp³-hybridized carbons (Fsp3) is 0.500. The Hall–Kier alpha value is -1.95. The molecular weight excluding hydrogens is 320 g/mol. The summed E-state index contributed by atoms with van der Waals surface area (Å²) in [6, 6.07) is 3.60. The second kappa shape index (κ2) is 6.66. The molecule has 3 rings (SSSR count). The van der Waals surface area contributed by atoms with Crippen LogP contribution in [-0.2, 0) is 16.1 Å². The highest BCUT2D eigenvalue weighted by molar-refractivity contribution is 6.32. The molecule has 0 aromatic heterocycles. The lowest BCUT2D eigenvalue weighted by Gasteiger charge is -2.14. The van der Waals surface area contributed by atoms with Crippen molar-refractivity contribution in [2.75, 3.05) is 26.8 Å². The Balaban J connectivity index is 1.64. The van der Waals surface area contributed by atoms with Gasteiger partial charge in [0, 0.05) is 33.0 Å². The predicted octanol–water partition coefficient (Wildman–Crippen LogP) is 1.60. The van der Waals surface area contributed by atoms with E-state index in [4.69, 9.17) is 21.1 Å².